The van der Waals surface area contributed by atoms with Crippen molar-refractivity contribution in [2.75, 3.05) is 6.61 Å². The largest absolute Gasteiger partial charge is 0.368 e. The van der Waals surface area contributed by atoms with Gasteiger partial charge >= 0.3 is 0 Å². The van der Waals surface area contributed by atoms with Crippen molar-refractivity contribution in [1.29, 1.82) is 0 Å². The minimum atomic E-state index is -0.233. The van der Waals surface area contributed by atoms with Crippen molar-refractivity contribution in [3.05, 3.63) is 0 Å². The first-order valence-corrected chi connectivity index (χ1v) is 7.87. The van der Waals surface area contributed by atoms with E-state index in [-0.39, 0.29) is 17.6 Å². The van der Waals surface area contributed by atoms with Gasteiger partial charge in [-0.1, -0.05) is 25.7 Å². The Morgan fingerprint density at radius 3 is 2.32 bits per heavy atom. The highest BCUT2D eigenvalue weighted by Gasteiger charge is 2.30. The molecule has 0 aromatic carbocycles. The summed E-state index contributed by atoms with van der Waals surface area (Å²) in [5.41, 5.74) is -0.173. The highest BCUT2D eigenvalue weighted by molar-refractivity contribution is 5.81. The van der Waals surface area contributed by atoms with E-state index in [2.05, 4.69) is 5.32 Å². The van der Waals surface area contributed by atoms with Gasteiger partial charge < -0.3 is 10.1 Å². The van der Waals surface area contributed by atoms with E-state index >= 15 is 0 Å². The van der Waals surface area contributed by atoms with Gasteiger partial charge in [0.25, 0.3) is 0 Å². The number of amides is 1. The molecule has 0 aliphatic heterocycles. The fourth-order valence-electron chi connectivity index (χ4n) is 2.79. The Bertz CT molecular complexity index is 298. The summed E-state index contributed by atoms with van der Waals surface area (Å²) in [5.74, 6) is 1.49. The van der Waals surface area contributed by atoms with Crippen molar-refractivity contribution in [1.82, 2.24) is 5.32 Å². The minimum Gasteiger partial charge on any atom is -0.368 e. The number of hydrogen-bond donors (Lipinski definition) is 1. The molecule has 19 heavy (non-hydrogen) atoms. The highest BCUT2D eigenvalue weighted by Crippen LogP contribution is 2.32. The molecule has 3 nitrogen and oxygen atoms in total. The van der Waals surface area contributed by atoms with Gasteiger partial charge in [0.2, 0.25) is 5.91 Å². The summed E-state index contributed by atoms with van der Waals surface area (Å²) >= 11 is 0. The van der Waals surface area contributed by atoms with Gasteiger partial charge in [-0.2, -0.15) is 0 Å². The molecule has 0 spiro atoms. The van der Waals surface area contributed by atoms with Crippen LogP contribution in [0.25, 0.3) is 0 Å². The van der Waals surface area contributed by atoms with Crippen molar-refractivity contribution >= 4 is 5.91 Å². The van der Waals surface area contributed by atoms with Gasteiger partial charge in [0.05, 0.1) is 6.61 Å². The maximum Gasteiger partial charge on any atom is 0.249 e. The fourth-order valence-corrected chi connectivity index (χ4v) is 2.79. The lowest BCUT2D eigenvalue weighted by molar-refractivity contribution is -0.135. The summed E-state index contributed by atoms with van der Waals surface area (Å²) in [5, 5.41) is 3.07. The lowest BCUT2D eigenvalue weighted by Gasteiger charge is -2.26. The first kappa shape index (κ1) is 14.8. The maximum absolute atomic E-state index is 12.3. The topological polar surface area (TPSA) is 38.3 Å². The average molecular weight is 267 g/mol. The monoisotopic (exact) mass is 267 g/mol. The van der Waals surface area contributed by atoms with Gasteiger partial charge in [0, 0.05) is 5.54 Å². The Morgan fingerprint density at radius 1 is 1.16 bits per heavy atom. The van der Waals surface area contributed by atoms with Crippen LogP contribution in [-0.2, 0) is 9.53 Å². The van der Waals surface area contributed by atoms with Crippen LogP contribution in [0.1, 0.15) is 65.7 Å². The van der Waals surface area contributed by atoms with E-state index < -0.39 is 0 Å². The van der Waals surface area contributed by atoms with Crippen molar-refractivity contribution < 1.29 is 9.53 Å². The molecule has 0 aromatic heterocycles. The van der Waals surface area contributed by atoms with Crippen LogP contribution in [0.2, 0.25) is 0 Å². The second-order valence-corrected chi connectivity index (χ2v) is 7.39. The van der Waals surface area contributed by atoms with Gasteiger partial charge in [0.15, 0.2) is 0 Å². The molecule has 2 fully saturated rings. The zero-order chi connectivity index (χ0) is 13.9. The normalized spacial score (nSPS) is 22.5. The highest BCUT2D eigenvalue weighted by atomic mass is 16.5. The molecule has 0 bridgehead atoms. The number of ether oxygens (including phenoxy) is 1. The SMILES string of the molecule is CC(C)(C)NC(=O)C(CC1CCCC1)OCC1CC1. The van der Waals surface area contributed by atoms with Gasteiger partial charge in [0.1, 0.15) is 6.10 Å². The van der Waals surface area contributed by atoms with E-state index in [0.29, 0.717) is 11.8 Å². The van der Waals surface area contributed by atoms with Gasteiger partial charge in [-0.05, 0) is 51.9 Å². The third-order valence-electron chi connectivity index (χ3n) is 4.04. The van der Waals surface area contributed by atoms with E-state index in [4.69, 9.17) is 4.74 Å². The van der Waals surface area contributed by atoms with Gasteiger partial charge in [-0.15, -0.1) is 0 Å². The van der Waals surface area contributed by atoms with Crippen molar-refractivity contribution in [3.63, 3.8) is 0 Å². The maximum atomic E-state index is 12.3. The molecule has 1 unspecified atom stereocenters. The van der Waals surface area contributed by atoms with Gasteiger partial charge in [-0.25, -0.2) is 0 Å². The summed E-state index contributed by atoms with van der Waals surface area (Å²) in [6, 6.07) is 0. The molecule has 2 saturated carbocycles. The van der Waals surface area contributed by atoms with E-state index in [0.717, 1.165) is 13.0 Å². The van der Waals surface area contributed by atoms with Crippen molar-refractivity contribution in [2.45, 2.75) is 77.4 Å². The van der Waals surface area contributed by atoms with Crippen molar-refractivity contribution in [2.24, 2.45) is 11.8 Å². The molecule has 1 atom stereocenters. The summed E-state index contributed by atoms with van der Waals surface area (Å²) < 4.78 is 5.92. The predicted molar refractivity (Wildman–Crippen MR) is 76.9 cm³/mol. The zero-order valence-corrected chi connectivity index (χ0v) is 12.7. The molecule has 3 heteroatoms. The van der Waals surface area contributed by atoms with Crippen LogP contribution in [0.15, 0.2) is 0 Å². The molecule has 1 amide bonds. The second kappa shape index (κ2) is 6.25. The Labute approximate surface area is 117 Å². The third-order valence-corrected chi connectivity index (χ3v) is 4.04. The Kier molecular flexibility index (Phi) is 4.88. The van der Waals surface area contributed by atoms with E-state index in [1.807, 2.05) is 20.8 Å². The number of carbonyl (C=O) groups is 1. The first-order chi connectivity index (χ1) is 8.94. The van der Waals surface area contributed by atoms with Crippen LogP contribution >= 0.6 is 0 Å². The van der Waals surface area contributed by atoms with E-state index in [1.165, 1.54) is 38.5 Å². The quantitative estimate of drug-likeness (QED) is 0.802. The number of carbonyl (C=O) groups excluding carboxylic acids is 1. The van der Waals surface area contributed by atoms with E-state index in [1.54, 1.807) is 0 Å². The molecule has 0 saturated heterocycles. The molecule has 2 rings (SSSR count). The third kappa shape index (κ3) is 5.52. The fraction of sp³-hybridized carbons (Fsp3) is 0.938. The van der Waals surface area contributed by atoms with Crippen LogP contribution < -0.4 is 5.32 Å². The standard InChI is InChI=1S/C16H29NO2/c1-16(2,3)17-15(18)14(19-11-13-8-9-13)10-12-6-4-5-7-12/h12-14H,4-11H2,1-3H3,(H,17,18). The second-order valence-electron chi connectivity index (χ2n) is 7.39. The smallest absolute Gasteiger partial charge is 0.249 e. The predicted octanol–water partition coefficient (Wildman–Crippen LogP) is 3.28. The van der Waals surface area contributed by atoms with Gasteiger partial charge in [-0.3, -0.25) is 4.79 Å². The number of hydrogen-bond acceptors (Lipinski definition) is 2. The Hall–Kier alpha value is -0.570. The van der Waals surface area contributed by atoms with Crippen LogP contribution in [0.3, 0.4) is 0 Å². The molecular formula is C16H29NO2. The molecular weight excluding hydrogens is 238 g/mol. The zero-order valence-electron chi connectivity index (χ0n) is 12.7. The molecule has 0 heterocycles. The summed E-state index contributed by atoms with van der Waals surface area (Å²) in [6.45, 7) is 6.85. The van der Waals surface area contributed by atoms with Crippen LogP contribution in [0, 0.1) is 11.8 Å². The molecule has 2 aliphatic carbocycles. The lowest BCUT2D eigenvalue weighted by atomic mass is 9.98. The summed E-state index contributed by atoms with van der Waals surface area (Å²) in [7, 11) is 0. The van der Waals surface area contributed by atoms with E-state index in [9.17, 15) is 4.79 Å². The van der Waals surface area contributed by atoms with Crippen molar-refractivity contribution in [3.8, 4) is 0 Å². The minimum absolute atomic E-state index is 0.0834. The molecule has 1 N–H and O–H groups in total. The molecule has 0 aromatic rings. The summed E-state index contributed by atoms with van der Waals surface area (Å²) in [4.78, 5) is 12.3. The number of rotatable bonds is 6. The molecule has 0 radical (unpaired) electrons. The molecule has 110 valence electrons. The summed E-state index contributed by atoms with van der Waals surface area (Å²) in [6.07, 6.45) is 8.41. The Balaban J connectivity index is 1.85. The number of nitrogens with one attached hydrogen (secondary N) is 1. The lowest BCUT2D eigenvalue weighted by Crippen LogP contribution is -2.47. The average Bonchev–Trinajstić information content (AvgIpc) is 2.98. The first-order valence-electron chi connectivity index (χ1n) is 7.87. The Morgan fingerprint density at radius 2 is 1.79 bits per heavy atom. The molecule has 2 aliphatic rings. The van der Waals surface area contributed by atoms with Crippen LogP contribution in [-0.4, -0.2) is 24.2 Å². The van der Waals surface area contributed by atoms with Crippen LogP contribution in [0.5, 0.6) is 0 Å². The van der Waals surface area contributed by atoms with Crippen LogP contribution in [0.4, 0.5) is 0 Å².